The van der Waals surface area contributed by atoms with E-state index >= 15 is 0 Å². The molecule has 0 aliphatic carbocycles. The summed E-state index contributed by atoms with van der Waals surface area (Å²) in [6.07, 6.45) is 2.50. The average Bonchev–Trinajstić information content (AvgIpc) is 2.67. The Balaban J connectivity index is 1.86. The average molecular weight is 356 g/mol. The molecule has 5 heteroatoms. The number of carbonyl (C=O) groups is 2. The number of esters is 1. The minimum atomic E-state index is -0.197. The van der Waals surface area contributed by atoms with E-state index in [4.69, 9.17) is 14.2 Å². The third-order valence-electron chi connectivity index (χ3n) is 3.72. The van der Waals surface area contributed by atoms with Crippen molar-refractivity contribution in [1.82, 2.24) is 0 Å². The van der Waals surface area contributed by atoms with Crippen LogP contribution < -0.4 is 9.47 Å². The smallest absolute Gasteiger partial charge is 0.305 e. The van der Waals surface area contributed by atoms with Crippen LogP contribution in [-0.4, -0.2) is 25.5 Å². The molecular weight excluding hydrogens is 332 g/mol. The Morgan fingerprint density at radius 3 is 2.38 bits per heavy atom. The van der Waals surface area contributed by atoms with Crippen LogP contribution in [0.2, 0.25) is 0 Å². The van der Waals surface area contributed by atoms with Crippen LogP contribution in [0.15, 0.2) is 48.5 Å². The number of rotatable bonds is 11. The Morgan fingerprint density at radius 2 is 1.69 bits per heavy atom. The molecule has 26 heavy (non-hydrogen) atoms. The molecule has 0 heterocycles. The molecule has 0 amide bonds. The van der Waals surface area contributed by atoms with Gasteiger partial charge in [0.2, 0.25) is 0 Å². The van der Waals surface area contributed by atoms with E-state index in [1.165, 1.54) is 0 Å². The van der Waals surface area contributed by atoms with E-state index in [1.54, 1.807) is 25.1 Å². The van der Waals surface area contributed by atoms with Crippen LogP contribution in [0, 0.1) is 0 Å². The lowest BCUT2D eigenvalue weighted by atomic mass is 10.2. The van der Waals surface area contributed by atoms with E-state index in [2.05, 4.69) is 0 Å². The fourth-order valence-electron chi connectivity index (χ4n) is 2.41. The number of benzene rings is 2. The lowest BCUT2D eigenvalue weighted by Gasteiger charge is -2.13. The minimum Gasteiger partial charge on any atom is -0.493 e. The zero-order valence-corrected chi connectivity index (χ0v) is 15.0. The molecule has 0 bridgehead atoms. The van der Waals surface area contributed by atoms with Crippen LogP contribution >= 0.6 is 0 Å². The number of ether oxygens (including phenoxy) is 3. The van der Waals surface area contributed by atoms with Gasteiger partial charge in [-0.25, -0.2) is 0 Å². The fourth-order valence-corrected chi connectivity index (χ4v) is 2.41. The van der Waals surface area contributed by atoms with Gasteiger partial charge in [0, 0.05) is 6.42 Å². The number of hydrogen-bond donors (Lipinski definition) is 0. The minimum absolute atomic E-state index is 0.197. The maximum Gasteiger partial charge on any atom is 0.305 e. The summed E-state index contributed by atoms with van der Waals surface area (Å²) in [7, 11) is 0. The van der Waals surface area contributed by atoms with Crippen molar-refractivity contribution in [3.63, 3.8) is 0 Å². The first-order chi connectivity index (χ1) is 12.7. The van der Waals surface area contributed by atoms with E-state index in [0.29, 0.717) is 56.1 Å². The summed E-state index contributed by atoms with van der Waals surface area (Å²) < 4.78 is 16.3. The Labute approximate surface area is 153 Å². The van der Waals surface area contributed by atoms with Crippen molar-refractivity contribution in [1.29, 1.82) is 0 Å². The van der Waals surface area contributed by atoms with Gasteiger partial charge in [-0.1, -0.05) is 36.4 Å². The highest BCUT2D eigenvalue weighted by Gasteiger charge is 2.10. The molecule has 0 unspecified atom stereocenters. The molecule has 0 spiro atoms. The Kier molecular flexibility index (Phi) is 8.19. The van der Waals surface area contributed by atoms with Crippen molar-refractivity contribution in [3.8, 4) is 11.5 Å². The molecule has 0 saturated heterocycles. The van der Waals surface area contributed by atoms with Crippen molar-refractivity contribution in [2.45, 2.75) is 32.8 Å². The second-order valence-corrected chi connectivity index (χ2v) is 5.67. The van der Waals surface area contributed by atoms with Crippen LogP contribution in [0.1, 0.15) is 42.1 Å². The summed E-state index contributed by atoms with van der Waals surface area (Å²) in [5.74, 6) is 0.784. The molecule has 2 rings (SSSR count). The monoisotopic (exact) mass is 356 g/mol. The lowest BCUT2D eigenvalue weighted by molar-refractivity contribution is -0.143. The molecule has 0 radical (unpaired) electrons. The van der Waals surface area contributed by atoms with Crippen molar-refractivity contribution >= 4 is 12.3 Å². The first-order valence-electron chi connectivity index (χ1n) is 8.78. The molecule has 0 saturated carbocycles. The molecule has 0 aliphatic rings. The molecule has 0 aliphatic heterocycles. The molecule has 0 N–H and O–H groups in total. The van der Waals surface area contributed by atoms with Crippen LogP contribution in [0.3, 0.4) is 0 Å². The first-order valence-corrected chi connectivity index (χ1v) is 8.78. The summed E-state index contributed by atoms with van der Waals surface area (Å²) in [4.78, 5) is 22.8. The Bertz CT molecular complexity index is 697. The van der Waals surface area contributed by atoms with E-state index in [0.717, 1.165) is 11.8 Å². The predicted molar refractivity (Wildman–Crippen MR) is 98.6 cm³/mol. The topological polar surface area (TPSA) is 61.8 Å². The number of hydrogen-bond acceptors (Lipinski definition) is 5. The molecule has 2 aromatic rings. The Morgan fingerprint density at radius 1 is 0.962 bits per heavy atom. The summed E-state index contributed by atoms with van der Waals surface area (Å²) in [6.45, 7) is 2.98. The largest absolute Gasteiger partial charge is 0.493 e. The third-order valence-corrected chi connectivity index (χ3v) is 3.72. The molecule has 0 atom stereocenters. The second-order valence-electron chi connectivity index (χ2n) is 5.67. The van der Waals surface area contributed by atoms with Gasteiger partial charge < -0.3 is 14.2 Å². The second kappa shape index (κ2) is 10.9. The Hall–Kier alpha value is -2.82. The highest BCUT2D eigenvalue weighted by Crippen LogP contribution is 2.27. The van der Waals surface area contributed by atoms with E-state index in [9.17, 15) is 9.59 Å². The molecule has 0 fully saturated rings. The van der Waals surface area contributed by atoms with E-state index in [-0.39, 0.29) is 5.97 Å². The predicted octanol–water partition coefficient (Wildman–Crippen LogP) is 4.19. The fraction of sp³-hybridized carbons (Fsp3) is 0.333. The summed E-state index contributed by atoms with van der Waals surface area (Å²) in [6, 6.07) is 15.0. The molecule has 0 aromatic heterocycles. The molecule has 5 nitrogen and oxygen atoms in total. The maximum atomic E-state index is 11.5. The zero-order valence-electron chi connectivity index (χ0n) is 15.0. The number of unbranched alkanes of at least 4 members (excludes halogenated alkanes) is 1. The normalized spacial score (nSPS) is 10.2. The van der Waals surface area contributed by atoms with E-state index in [1.807, 2.05) is 30.3 Å². The van der Waals surface area contributed by atoms with Gasteiger partial charge in [-0.05, 0) is 37.5 Å². The summed E-state index contributed by atoms with van der Waals surface area (Å²) in [5.41, 5.74) is 1.42. The standard InChI is InChI=1S/C21H24O5/c1-2-24-21(23)13-6-7-14-25-19-11-8-12-20(18(19)15-22)26-16-17-9-4-3-5-10-17/h3-5,8-12,15H,2,6-7,13-14,16H2,1H3. The van der Waals surface area contributed by atoms with Gasteiger partial charge in [-0.15, -0.1) is 0 Å². The third kappa shape index (κ3) is 6.24. The van der Waals surface area contributed by atoms with Gasteiger partial charge in [0.15, 0.2) is 6.29 Å². The lowest BCUT2D eigenvalue weighted by Crippen LogP contribution is -2.06. The van der Waals surface area contributed by atoms with Crippen LogP contribution in [-0.2, 0) is 16.1 Å². The highest BCUT2D eigenvalue weighted by atomic mass is 16.5. The first kappa shape index (κ1) is 19.5. The molecular formula is C21H24O5. The van der Waals surface area contributed by atoms with Crippen molar-refractivity contribution in [3.05, 3.63) is 59.7 Å². The van der Waals surface area contributed by atoms with Crippen LogP contribution in [0.4, 0.5) is 0 Å². The van der Waals surface area contributed by atoms with Gasteiger partial charge in [0.05, 0.1) is 18.8 Å². The van der Waals surface area contributed by atoms with Gasteiger partial charge >= 0.3 is 5.97 Å². The molecule has 138 valence electrons. The van der Waals surface area contributed by atoms with E-state index < -0.39 is 0 Å². The highest BCUT2D eigenvalue weighted by molar-refractivity contribution is 5.83. The summed E-state index contributed by atoms with van der Waals surface area (Å²) in [5, 5.41) is 0. The van der Waals surface area contributed by atoms with Crippen molar-refractivity contribution in [2.24, 2.45) is 0 Å². The molecule has 2 aromatic carbocycles. The SMILES string of the molecule is CCOC(=O)CCCCOc1cccc(OCc2ccccc2)c1C=O. The number of aldehydes is 1. The van der Waals surface area contributed by atoms with Crippen LogP contribution in [0.25, 0.3) is 0 Å². The summed E-state index contributed by atoms with van der Waals surface area (Å²) >= 11 is 0. The van der Waals surface area contributed by atoms with Crippen molar-refractivity contribution in [2.75, 3.05) is 13.2 Å². The van der Waals surface area contributed by atoms with Gasteiger partial charge in [0.1, 0.15) is 18.1 Å². The van der Waals surface area contributed by atoms with Crippen LogP contribution in [0.5, 0.6) is 11.5 Å². The van der Waals surface area contributed by atoms with Gasteiger partial charge in [0.25, 0.3) is 0 Å². The quantitative estimate of drug-likeness (QED) is 0.343. The maximum absolute atomic E-state index is 11.5. The zero-order chi connectivity index (χ0) is 18.6. The van der Waals surface area contributed by atoms with Crippen molar-refractivity contribution < 1.29 is 23.8 Å². The number of carbonyl (C=O) groups excluding carboxylic acids is 2. The van der Waals surface area contributed by atoms with Gasteiger partial charge in [-0.2, -0.15) is 0 Å². The van der Waals surface area contributed by atoms with Gasteiger partial charge in [-0.3, -0.25) is 9.59 Å².